The summed E-state index contributed by atoms with van der Waals surface area (Å²) in [6, 6.07) is 0. The van der Waals surface area contributed by atoms with Gasteiger partial charge in [-0.25, -0.2) is 0 Å². The number of hydrogen-bond acceptors (Lipinski definition) is 2. The molecule has 2 nitrogen and oxygen atoms in total. The highest BCUT2D eigenvalue weighted by Gasteiger charge is 2.35. The second-order valence-corrected chi connectivity index (χ2v) is 5.43. The summed E-state index contributed by atoms with van der Waals surface area (Å²) in [5, 5.41) is 0. The molecule has 0 spiro atoms. The Morgan fingerprint density at radius 3 is 2.62 bits per heavy atom. The zero-order valence-electron chi connectivity index (χ0n) is 8.42. The van der Waals surface area contributed by atoms with Crippen molar-refractivity contribution in [3.8, 4) is 0 Å². The molecule has 0 aromatic heterocycles. The molecular formula is C10H17BrO2. The van der Waals surface area contributed by atoms with Crippen LogP contribution in [0.4, 0.5) is 0 Å². The molecule has 0 aromatic rings. The minimum absolute atomic E-state index is 0.0433. The normalized spacial score (nSPS) is 30.7. The molecule has 1 rings (SSSR count). The molecule has 0 amide bonds. The van der Waals surface area contributed by atoms with Crippen molar-refractivity contribution in [1.82, 2.24) is 0 Å². The van der Waals surface area contributed by atoms with Gasteiger partial charge in [-0.1, -0.05) is 36.7 Å². The first-order valence-corrected chi connectivity index (χ1v) is 5.76. The molecule has 0 saturated carbocycles. The quantitative estimate of drug-likeness (QED) is 0.567. The topological polar surface area (TPSA) is 26.3 Å². The van der Waals surface area contributed by atoms with Gasteiger partial charge >= 0.3 is 5.97 Å². The Hall–Kier alpha value is -0.0500. The van der Waals surface area contributed by atoms with Crippen LogP contribution in [0.25, 0.3) is 0 Å². The Kier molecular flexibility index (Phi) is 3.77. The number of ether oxygens (including phenoxy) is 1. The summed E-state index contributed by atoms with van der Waals surface area (Å²) in [5.74, 6) is 0.675. The highest BCUT2D eigenvalue weighted by Crippen LogP contribution is 2.29. The van der Waals surface area contributed by atoms with Gasteiger partial charge in [-0.3, -0.25) is 4.79 Å². The van der Waals surface area contributed by atoms with Crippen molar-refractivity contribution in [1.29, 1.82) is 0 Å². The molecule has 0 N–H and O–H groups in total. The lowest BCUT2D eigenvalue weighted by atomic mass is 10.00. The molecule has 0 aliphatic carbocycles. The third-order valence-electron chi connectivity index (χ3n) is 2.36. The molecule has 0 bridgehead atoms. The molecule has 1 aliphatic rings. The number of carbonyl (C=O) groups excluding carboxylic acids is 1. The lowest BCUT2D eigenvalue weighted by Gasteiger charge is -2.17. The fourth-order valence-corrected chi connectivity index (χ4v) is 2.65. The summed E-state index contributed by atoms with van der Waals surface area (Å²) in [6.45, 7) is 6.28. The van der Waals surface area contributed by atoms with E-state index in [-0.39, 0.29) is 18.0 Å². The molecule has 76 valence electrons. The minimum atomic E-state index is -0.0433. The maximum absolute atomic E-state index is 11.1. The molecule has 2 unspecified atom stereocenters. The predicted octanol–water partition coefficient (Wildman–Crippen LogP) is 2.75. The van der Waals surface area contributed by atoms with Gasteiger partial charge in [-0.2, -0.15) is 0 Å². The van der Waals surface area contributed by atoms with Gasteiger partial charge in [0.25, 0.3) is 0 Å². The largest absolute Gasteiger partial charge is 0.461 e. The van der Waals surface area contributed by atoms with Gasteiger partial charge in [0.1, 0.15) is 6.10 Å². The van der Waals surface area contributed by atoms with Crippen LogP contribution in [0.5, 0.6) is 0 Å². The van der Waals surface area contributed by atoms with E-state index in [0.29, 0.717) is 10.7 Å². The van der Waals surface area contributed by atoms with Crippen molar-refractivity contribution >= 4 is 21.9 Å². The van der Waals surface area contributed by atoms with Crippen molar-refractivity contribution in [3.05, 3.63) is 0 Å². The van der Waals surface area contributed by atoms with E-state index in [1.165, 1.54) is 0 Å². The number of esters is 1. The first kappa shape index (κ1) is 11.0. The van der Waals surface area contributed by atoms with Gasteiger partial charge < -0.3 is 4.74 Å². The Morgan fingerprint density at radius 2 is 2.23 bits per heavy atom. The van der Waals surface area contributed by atoms with Crippen molar-refractivity contribution in [2.75, 3.05) is 0 Å². The van der Waals surface area contributed by atoms with Crippen molar-refractivity contribution < 1.29 is 9.53 Å². The summed E-state index contributed by atoms with van der Waals surface area (Å²) < 4.78 is 5.25. The summed E-state index contributed by atoms with van der Waals surface area (Å²) >= 11 is 3.58. The molecular weight excluding hydrogens is 232 g/mol. The van der Waals surface area contributed by atoms with Gasteiger partial charge in [0.15, 0.2) is 0 Å². The van der Waals surface area contributed by atoms with Crippen LogP contribution in [0.2, 0.25) is 0 Å². The molecule has 1 heterocycles. The smallest absolute Gasteiger partial charge is 0.309 e. The Labute approximate surface area is 88.2 Å². The monoisotopic (exact) mass is 248 g/mol. The van der Waals surface area contributed by atoms with E-state index in [2.05, 4.69) is 29.8 Å². The highest BCUT2D eigenvalue weighted by atomic mass is 79.9. The van der Waals surface area contributed by atoms with E-state index in [9.17, 15) is 4.79 Å². The number of alkyl halides is 1. The predicted molar refractivity (Wildman–Crippen MR) is 55.8 cm³/mol. The van der Waals surface area contributed by atoms with Crippen LogP contribution in [-0.4, -0.2) is 16.9 Å². The van der Waals surface area contributed by atoms with E-state index < -0.39 is 0 Å². The Bertz CT molecular complexity index is 191. The van der Waals surface area contributed by atoms with Crippen LogP contribution >= 0.6 is 15.9 Å². The third-order valence-corrected chi connectivity index (χ3v) is 3.32. The molecule has 3 heteroatoms. The fraction of sp³-hybridized carbons (Fsp3) is 0.900. The second kappa shape index (κ2) is 4.45. The molecule has 0 aromatic carbocycles. The molecule has 13 heavy (non-hydrogen) atoms. The molecule has 1 saturated heterocycles. The van der Waals surface area contributed by atoms with Gasteiger partial charge in [0, 0.05) is 0 Å². The summed E-state index contributed by atoms with van der Waals surface area (Å²) in [7, 11) is 0. The minimum Gasteiger partial charge on any atom is -0.461 e. The lowest BCUT2D eigenvalue weighted by Crippen LogP contribution is -2.21. The number of carbonyl (C=O) groups is 1. The van der Waals surface area contributed by atoms with E-state index in [4.69, 9.17) is 4.74 Å². The van der Waals surface area contributed by atoms with Gasteiger partial charge in [0.2, 0.25) is 0 Å². The zero-order chi connectivity index (χ0) is 10.0. The summed E-state index contributed by atoms with van der Waals surface area (Å²) in [4.78, 5) is 11.5. The maximum Gasteiger partial charge on any atom is 0.309 e. The van der Waals surface area contributed by atoms with E-state index in [1.54, 1.807) is 0 Å². The number of rotatable bonds is 3. The van der Waals surface area contributed by atoms with Crippen LogP contribution in [0.1, 0.15) is 33.6 Å². The molecule has 3 atom stereocenters. The van der Waals surface area contributed by atoms with Crippen LogP contribution < -0.4 is 0 Å². The van der Waals surface area contributed by atoms with E-state index in [0.717, 1.165) is 12.8 Å². The SMILES string of the molecule is CC(C)CC(Br)[C@@H]1CC(C)C(=O)O1. The van der Waals surface area contributed by atoms with Gasteiger partial charge in [-0.15, -0.1) is 0 Å². The maximum atomic E-state index is 11.1. The highest BCUT2D eigenvalue weighted by molar-refractivity contribution is 9.09. The first-order valence-electron chi connectivity index (χ1n) is 4.85. The van der Waals surface area contributed by atoms with Crippen LogP contribution in [0.15, 0.2) is 0 Å². The molecule has 1 aliphatic heterocycles. The lowest BCUT2D eigenvalue weighted by molar-refractivity contribution is -0.143. The number of cyclic esters (lactones) is 1. The summed E-state index contributed by atoms with van der Waals surface area (Å²) in [6.07, 6.45) is 2.01. The van der Waals surface area contributed by atoms with Crippen molar-refractivity contribution in [2.24, 2.45) is 11.8 Å². The summed E-state index contributed by atoms with van der Waals surface area (Å²) in [5.41, 5.74) is 0. The Morgan fingerprint density at radius 1 is 1.62 bits per heavy atom. The first-order chi connectivity index (χ1) is 6.00. The van der Waals surface area contributed by atoms with E-state index in [1.807, 2.05) is 6.92 Å². The van der Waals surface area contributed by atoms with E-state index >= 15 is 0 Å². The average molecular weight is 249 g/mol. The standard InChI is InChI=1S/C10H17BrO2/c1-6(2)4-8(11)9-5-7(3)10(12)13-9/h6-9H,4-5H2,1-3H3/t7?,8?,9-/m0/s1. The molecule has 1 fully saturated rings. The van der Waals surface area contributed by atoms with Crippen LogP contribution in [0.3, 0.4) is 0 Å². The van der Waals surface area contributed by atoms with Crippen LogP contribution in [0, 0.1) is 11.8 Å². The second-order valence-electron chi connectivity index (χ2n) is 4.26. The Balaban J connectivity index is 2.41. The zero-order valence-corrected chi connectivity index (χ0v) is 10.0. The number of hydrogen-bond donors (Lipinski definition) is 0. The van der Waals surface area contributed by atoms with Gasteiger partial charge in [-0.05, 0) is 18.8 Å². The average Bonchev–Trinajstić information content (AvgIpc) is 2.31. The number of halogens is 1. The van der Waals surface area contributed by atoms with Gasteiger partial charge in [0.05, 0.1) is 10.7 Å². The van der Waals surface area contributed by atoms with Crippen molar-refractivity contribution in [2.45, 2.75) is 44.5 Å². The van der Waals surface area contributed by atoms with Crippen molar-refractivity contribution in [3.63, 3.8) is 0 Å². The third kappa shape index (κ3) is 2.97. The van der Waals surface area contributed by atoms with Crippen LogP contribution in [-0.2, 0) is 9.53 Å². The fourth-order valence-electron chi connectivity index (χ4n) is 1.58. The molecule has 0 radical (unpaired) electrons.